The second-order valence-electron chi connectivity index (χ2n) is 8.17. The van der Waals surface area contributed by atoms with Crippen LogP contribution in [0.5, 0.6) is 0 Å². The van der Waals surface area contributed by atoms with E-state index in [2.05, 4.69) is 49.6 Å². The van der Waals surface area contributed by atoms with Crippen molar-refractivity contribution in [1.82, 2.24) is 25.2 Å². The first-order valence-electron chi connectivity index (χ1n) is 12.0. The monoisotopic (exact) mass is 489 g/mol. The van der Waals surface area contributed by atoms with Gasteiger partial charge in [-0.2, -0.15) is 0 Å². The minimum absolute atomic E-state index is 0.224. The number of carbonyl (C=O) groups excluding carboxylic acids is 1. The molecule has 2 aromatic heterocycles. The SMILES string of the molecule is CCOC(=O)NC(=NC)Nc1ccc(-c2ccc(C(C)N3CCOCC3)nc2)cc1-c1ncccn1. The fourth-order valence-electron chi connectivity index (χ4n) is 3.97. The van der Waals surface area contributed by atoms with E-state index in [1.165, 1.54) is 0 Å². The number of carbonyl (C=O) groups is 1. The lowest BCUT2D eigenvalue weighted by molar-refractivity contribution is 0.0191. The molecule has 4 rings (SSSR count). The summed E-state index contributed by atoms with van der Waals surface area (Å²) in [7, 11) is 1.58. The molecule has 2 N–H and O–H groups in total. The van der Waals surface area contributed by atoms with E-state index in [0.29, 0.717) is 11.5 Å². The van der Waals surface area contributed by atoms with Crippen molar-refractivity contribution in [2.45, 2.75) is 19.9 Å². The summed E-state index contributed by atoms with van der Waals surface area (Å²) in [5, 5.41) is 5.75. The first kappa shape index (κ1) is 25.2. The highest BCUT2D eigenvalue weighted by Crippen LogP contribution is 2.31. The molecule has 0 spiro atoms. The number of pyridine rings is 1. The first-order valence-corrected chi connectivity index (χ1v) is 12.0. The highest BCUT2D eigenvalue weighted by Gasteiger charge is 2.20. The van der Waals surface area contributed by atoms with Gasteiger partial charge in [0.15, 0.2) is 5.82 Å². The smallest absolute Gasteiger partial charge is 0.413 e. The number of rotatable bonds is 6. The summed E-state index contributed by atoms with van der Waals surface area (Å²) < 4.78 is 10.4. The van der Waals surface area contributed by atoms with E-state index < -0.39 is 6.09 Å². The Labute approximate surface area is 210 Å². The van der Waals surface area contributed by atoms with Crippen LogP contribution in [0.3, 0.4) is 0 Å². The number of nitrogens with zero attached hydrogens (tertiary/aromatic N) is 5. The Morgan fingerprint density at radius 2 is 1.89 bits per heavy atom. The quantitative estimate of drug-likeness (QED) is 0.398. The molecule has 1 fully saturated rings. The number of benzene rings is 1. The van der Waals surface area contributed by atoms with Crippen molar-refractivity contribution in [2.75, 3.05) is 45.3 Å². The van der Waals surface area contributed by atoms with Crippen molar-refractivity contribution in [1.29, 1.82) is 0 Å². The molecule has 1 atom stereocenters. The molecule has 0 aliphatic carbocycles. The van der Waals surface area contributed by atoms with Gasteiger partial charge in [0.25, 0.3) is 0 Å². The molecule has 1 aliphatic rings. The second-order valence-corrected chi connectivity index (χ2v) is 8.17. The molecular weight excluding hydrogens is 458 g/mol. The van der Waals surface area contributed by atoms with E-state index in [4.69, 9.17) is 14.5 Å². The number of hydrogen-bond donors (Lipinski definition) is 2. The zero-order chi connectivity index (χ0) is 25.3. The van der Waals surface area contributed by atoms with Crippen molar-refractivity contribution in [3.63, 3.8) is 0 Å². The molecule has 1 unspecified atom stereocenters. The largest absolute Gasteiger partial charge is 0.450 e. The molecule has 36 heavy (non-hydrogen) atoms. The van der Waals surface area contributed by atoms with Gasteiger partial charge in [-0.3, -0.25) is 20.2 Å². The zero-order valence-corrected chi connectivity index (χ0v) is 20.8. The number of nitrogens with one attached hydrogen (secondary N) is 2. The minimum atomic E-state index is -0.586. The Hall–Kier alpha value is -3.89. The van der Waals surface area contributed by atoms with Crippen LogP contribution in [0, 0.1) is 0 Å². The summed E-state index contributed by atoms with van der Waals surface area (Å²) in [5.74, 6) is 0.792. The third-order valence-electron chi connectivity index (χ3n) is 5.94. The summed E-state index contributed by atoms with van der Waals surface area (Å²) >= 11 is 0. The van der Waals surface area contributed by atoms with Crippen molar-refractivity contribution in [2.24, 2.45) is 4.99 Å². The molecule has 0 bridgehead atoms. The van der Waals surface area contributed by atoms with E-state index >= 15 is 0 Å². The van der Waals surface area contributed by atoms with Gasteiger partial charge >= 0.3 is 6.09 Å². The molecule has 0 saturated carbocycles. The Morgan fingerprint density at radius 1 is 1.14 bits per heavy atom. The van der Waals surface area contributed by atoms with Gasteiger partial charge in [-0.25, -0.2) is 14.8 Å². The van der Waals surface area contributed by atoms with Gasteiger partial charge in [-0.05, 0) is 43.7 Å². The molecule has 1 amide bonds. The number of morpholine rings is 1. The summed E-state index contributed by atoms with van der Waals surface area (Å²) in [6, 6.07) is 12.0. The predicted molar refractivity (Wildman–Crippen MR) is 139 cm³/mol. The molecular formula is C26H31N7O3. The van der Waals surface area contributed by atoms with Crippen LogP contribution in [-0.4, -0.2) is 71.9 Å². The number of aliphatic imine (C=N–C) groups is 1. The van der Waals surface area contributed by atoms with Gasteiger partial charge in [0.2, 0.25) is 5.96 Å². The molecule has 3 heterocycles. The van der Waals surface area contributed by atoms with Crippen molar-refractivity contribution in [3.8, 4) is 22.5 Å². The lowest BCUT2D eigenvalue weighted by atomic mass is 10.0. The number of amides is 1. The predicted octanol–water partition coefficient (Wildman–Crippen LogP) is 3.74. The van der Waals surface area contributed by atoms with Crippen molar-refractivity contribution < 1.29 is 14.3 Å². The van der Waals surface area contributed by atoms with E-state index in [1.54, 1.807) is 32.4 Å². The Balaban J connectivity index is 1.60. The standard InChI is InChI=1S/C26H31N7O3/c1-4-36-26(34)32-25(27-3)31-23-9-6-19(16-21(23)24-28-10-5-11-29-24)20-7-8-22(30-17-20)18(2)33-12-14-35-15-13-33/h5-11,16-18H,4,12-15H2,1-3H3,(H2,27,31,32,34). The van der Waals surface area contributed by atoms with Gasteiger partial charge in [-0.15, -0.1) is 0 Å². The molecule has 188 valence electrons. The van der Waals surface area contributed by atoms with Crippen molar-refractivity contribution >= 4 is 17.7 Å². The van der Waals surface area contributed by atoms with E-state index in [1.807, 2.05) is 24.4 Å². The van der Waals surface area contributed by atoms with Crippen LogP contribution in [0.15, 0.2) is 60.0 Å². The minimum Gasteiger partial charge on any atom is -0.450 e. The molecule has 0 radical (unpaired) electrons. The summed E-state index contributed by atoms with van der Waals surface area (Å²) in [4.78, 5) is 32.0. The molecule has 1 saturated heterocycles. The zero-order valence-electron chi connectivity index (χ0n) is 20.8. The average molecular weight is 490 g/mol. The maximum Gasteiger partial charge on any atom is 0.413 e. The molecule has 10 heteroatoms. The van der Waals surface area contributed by atoms with Crippen molar-refractivity contribution in [3.05, 3.63) is 60.7 Å². The maximum absolute atomic E-state index is 11.9. The highest BCUT2D eigenvalue weighted by molar-refractivity contribution is 6.04. The van der Waals surface area contributed by atoms with Crippen LogP contribution in [0.1, 0.15) is 25.6 Å². The van der Waals surface area contributed by atoms with E-state index in [-0.39, 0.29) is 18.6 Å². The second kappa shape index (κ2) is 12.2. The average Bonchev–Trinajstić information content (AvgIpc) is 2.93. The number of guanidine groups is 1. The summed E-state index contributed by atoms with van der Waals surface area (Å²) in [6.45, 7) is 7.51. The van der Waals surface area contributed by atoms with Gasteiger partial charge in [0.1, 0.15) is 0 Å². The number of aromatic nitrogens is 3. The summed E-state index contributed by atoms with van der Waals surface area (Å²) in [6.07, 6.45) is 4.69. The van der Waals surface area contributed by atoms with Crippen LogP contribution < -0.4 is 10.6 Å². The van der Waals surface area contributed by atoms with Crippen LogP contribution >= 0.6 is 0 Å². The first-order chi connectivity index (χ1) is 17.6. The van der Waals surface area contributed by atoms with E-state index in [9.17, 15) is 4.79 Å². The topological polar surface area (TPSA) is 114 Å². The number of alkyl carbamates (subject to hydrolysis) is 1. The van der Waals surface area contributed by atoms with Crippen LogP contribution in [0.25, 0.3) is 22.5 Å². The van der Waals surface area contributed by atoms with Crippen LogP contribution in [0.4, 0.5) is 10.5 Å². The number of ether oxygens (including phenoxy) is 2. The van der Waals surface area contributed by atoms with E-state index in [0.717, 1.165) is 48.7 Å². The Bertz CT molecular complexity index is 1180. The van der Waals surface area contributed by atoms with Crippen LogP contribution in [0.2, 0.25) is 0 Å². The maximum atomic E-state index is 11.9. The molecule has 10 nitrogen and oxygen atoms in total. The normalized spacial score (nSPS) is 15.2. The Morgan fingerprint density at radius 3 is 2.56 bits per heavy atom. The summed E-state index contributed by atoms with van der Waals surface area (Å²) in [5.41, 5.74) is 4.41. The Kier molecular flexibility index (Phi) is 8.53. The third kappa shape index (κ3) is 6.21. The lowest BCUT2D eigenvalue weighted by Gasteiger charge is -2.31. The fourth-order valence-corrected chi connectivity index (χ4v) is 3.97. The van der Waals surface area contributed by atoms with Crippen LogP contribution in [-0.2, 0) is 9.47 Å². The van der Waals surface area contributed by atoms with Gasteiger partial charge in [0.05, 0.1) is 31.2 Å². The lowest BCUT2D eigenvalue weighted by Crippen LogP contribution is -2.38. The molecule has 3 aromatic rings. The van der Waals surface area contributed by atoms with Gasteiger partial charge < -0.3 is 14.8 Å². The number of anilines is 1. The molecule has 1 aromatic carbocycles. The fraction of sp³-hybridized carbons (Fsp3) is 0.346. The number of hydrogen-bond acceptors (Lipinski definition) is 8. The van der Waals surface area contributed by atoms with Gasteiger partial charge in [0, 0.05) is 55.9 Å². The third-order valence-corrected chi connectivity index (χ3v) is 5.94. The molecule has 1 aliphatic heterocycles. The van der Waals surface area contributed by atoms with Gasteiger partial charge in [-0.1, -0.05) is 12.1 Å². The highest BCUT2D eigenvalue weighted by atomic mass is 16.5.